The molecule has 11 heteroatoms. The number of anilines is 2. The van der Waals surface area contributed by atoms with Crippen LogP contribution in [0, 0.1) is 0 Å². The second-order valence-corrected chi connectivity index (χ2v) is 8.80. The zero-order valence-electron chi connectivity index (χ0n) is 18.5. The first kappa shape index (κ1) is 23.2. The van der Waals surface area contributed by atoms with E-state index < -0.39 is 0 Å². The Hall–Kier alpha value is -2.95. The van der Waals surface area contributed by atoms with Crippen LogP contribution in [-0.2, 0) is 9.59 Å². The number of rotatable bonds is 7. The maximum atomic E-state index is 11.3. The highest BCUT2D eigenvalue weighted by Crippen LogP contribution is 2.31. The lowest BCUT2D eigenvalue weighted by Gasteiger charge is -2.37. The number of aromatic nitrogens is 2. The van der Waals surface area contributed by atoms with Crippen molar-refractivity contribution in [2.24, 2.45) is 11.5 Å². The van der Waals surface area contributed by atoms with Gasteiger partial charge >= 0.3 is 0 Å². The molecule has 33 heavy (non-hydrogen) atoms. The van der Waals surface area contributed by atoms with Crippen LogP contribution < -0.4 is 21.3 Å². The molecule has 2 fully saturated rings. The Bertz CT molecular complexity index is 986. The maximum absolute atomic E-state index is 11.3. The Labute approximate surface area is 198 Å². The molecule has 0 spiro atoms. The minimum Gasteiger partial charge on any atom is -0.369 e. The third-order valence-electron chi connectivity index (χ3n) is 5.99. The van der Waals surface area contributed by atoms with Gasteiger partial charge in [0.1, 0.15) is 11.5 Å². The molecule has 0 saturated carbocycles. The molecule has 1 aromatic carbocycles. The summed E-state index contributed by atoms with van der Waals surface area (Å²) < 4.78 is 0. The second kappa shape index (κ2) is 10.3. The molecular formula is C22H29ClN8O2. The quantitative estimate of drug-likeness (QED) is 0.577. The van der Waals surface area contributed by atoms with Gasteiger partial charge in [0.05, 0.1) is 19.3 Å². The van der Waals surface area contributed by atoms with Gasteiger partial charge in [-0.05, 0) is 12.1 Å². The molecule has 2 aliphatic rings. The lowest BCUT2D eigenvalue weighted by Crippen LogP contribution is -2.50. The number of hydrogen-bond donors (Lipinski definition) is 2. The van der Waals surface area contributed by atoms with E-state index in [4.69, 9.17) is 33.0 Å². The number of piperazine rings is 2. The van der Waals surface area contributed by atoms with Crippen molar-refractivity contribution in [2.45, 2.75) is 0 Å². The number of primary amides is 2. The topological polar surface area (TPSA) is 125 Å². The van der Waals surface area contributed by atoms with E-state index in [0.29, 0.717) is 5.02 Å². The van der Waals surface area contributed by atoms with Crippen LogP contribution in [0.15, 0.2) is 30.5 Å². The number of carbonyl (C=O) groups is 2. The van der Waals surface area contributed by atoms with E-state index in [0.717, 1.165) is 75.3 Å². The van der Waals surface area contributed by atoms with E-state index >= 15 is 0 Å². The fourth-order valence-electron chi connectivity index (χ4n) is 4.25. The Morgan fingerprint density at radius 2 is 1.33 bits per heavy atom. The van der Waals surface area contributed by atoms with E-state index in [2.05, 4.69) is 14.7 Å². The molecule has 2 saturated heterocycles. The summed E-state index contributed by atoms with van der Waals surface area (Å²) in [6.45, 7) is 6.39. The van der Waals surface area contributed by atoms with Crippen LogP contribution in [0.3, 0.4) is 0 Å². The number of nitrogens with zero attached hydrogens (tertiary/aromatic N) is 6. The monoisotopic (exact) mass is 472 g/mol. The number of nitrogens with two attached hydrogens (primary N) is 2. The SMILES string of the molecule is NC(=O)CN1CCN(c2cnc(-c3ccc(Cl)cc3)c(N3CCN(CC(N)=O)CC3)n2)CC1. The van der Waals surface area contributed by atoms with Gasteiger partial charge in [-0.2, -0.15) is 0 Å². The van der Waals surface area contributed by atoms with Crippen LogP contribution in [0.4, 0.5) is 11.6 Å². The first-order valence-corrected chi connectivity index (χ1v) is 11.4. The number of amides is 2. The molecule has 0 unspecified atom stereocenters. The van der Waals surface area contributed by atoms with Gasteiger partial charge in [0.2, 0.25) is 11.8 Å². The van der Waals surface area contributed by atoms with Gasteiger partial charge < -0.3 is 21.3 Å². The summed E-state index contributed by atoms with van der Waals surface area (Å²) in [5.74, 6) is 0.991. The van der Waals surface area contributed by atoms with Gasteiger partial charge in [-0.25, -0.2) is 9.97 Å². The normalized spacial score (nSPS) is 17.8. The van der Waals surface area contributed by atoms with Crippen LogP contribution >= 0.6 is 11.6 Å². The summed E-state index contributed by atoms with van der Waals surface area (Å²) in [6, 6.07) is 7.58. The first-order valence-electron chi connectivity index (χ1n) is 11.0. The highest BCUT2D eigenvalue weighted by atomic mass is 35.5. The van der Waals surface area contributed by atoms with Crippen LogP contribution in [0.5, 0.6) is 0 Å². The van der Waals surface area contributed by atoms with Gasteiger partial charge in [-0.3, -0.25) is 19.4 Å². The molecule has 4 N–H and O–H groups in total. The van der Waals surface area contributed by atoms with Crippen molar-refractivity contribution in [2.75, 3.05) is 75.2 Å². The van der Waals surface area contributed by atoms with Crippen molar-refractivity contribution < 1.29 is 9.59 Å². The number of carbonyl (C=O) groups excluding carboxylic acids is 2. The highest BCUT2D eigenvalue weighted by molar-refractivity contribution is 6.30. The predicted molar refractivity (Wildman–Crippen MR) is 128 cm³/mol. The largest absolute Gasteiger partial charge is 0.369 e. The molecule has 0 aliphatic carbocycles. The Morgan fingerprint density at radius 3 is 1.85 bits per heavy atom. The van der Waals surface area contributed by atoms with Gasteiger partial charge in [0, 0.05) is 62.9 Å². The van der Waals surface area contributed by atoms with E-state index in [9.17, 15) is 9.59 Å². The first-order chi connectivity index (χ1) is 15.9. The Balaban J connectivity index is 1.56. The van der Waals surface area contributed by atoms with Gasteiger partial charge in [-0.1, -0.05) is 23.7 Å². The maximum Gasteiger partial charge on any atom is 0.231 e. The van der Waals surface area contributed by atoms with Crippen molar-refractivity contribution in [3.63, 3.8) is 0 Å². The number of hydrogen-bond acceptors (Lipinski definition) is 8. The standard InChI is InChI=1S/C22H29ClN8O2/c23-17-3-1-16(2-4-17)21-22(31-11-7-29(8-12-31)15-19(25)33)27-20(13-26-21)30-9-5-28(6-10-30)14-18(24)32/h1-4,13H,5-12,14-15H2,(H2,24,32)(H2,25,33). The minimum absolute atomic E-state index is 0.263. The highest BCUT2D eigenvalue weighted by Gasteiger charge is 2.25. The second-order valence-electron chi connectivity index (χ2n) is 8.37. The summed E-state index contributed by atoms with van der Waals surface area (Å²) >= 11 is 6.09. The van der Waals surface area contributed by atoms with E-state index in [1.165, 1.54) is 0 Å². The Kier molecular flexibility index (Phi) is 7.26. The van der Waals surface area contributed by atoms with Crippen LogP contribution in [0.2, 0.25) is 5.02 Å². The summed E-state index contributed by atoms with van der Waals surface area (Å²) in [4.78, 5) is 40.8. The minimum atomic E-state index is -0.317. The predicted octanol–water partition coefficient (Wildman–Crippen LogP) is 0.0116. The van der Waals surface area contributed by atoms with Gasteiger partial charge in [0.25, 0.3) is 0 Å². The Morgan fingerprint density at radius 1 is 0.818 bits per heavy atom. The molecule has 10 nitrogen and oxygen atoms in total. The average molecular weight is 473 g/mol. The van der Waals surface area contributed by atoms with E-state index in [-0.39, 0.29) is 24.9 Å². The number of benzene rings is 1. The molecule has 2 amide bonds. The van der Waals surface area contributed by atoms with Crippen molar-refractivity contribution in [3.8, 4) is 11.3 Å². The summed E-state index contributed by atoms with van der Waals surface area (Å²) in [5, 5.41) is 0.666. The molecule has 1 aromatic heterocycles. The van der Waals surface area contributed by atoms with Gasteiger partial charge in [0.15, 0.2) is 5.82 Å². The fraction of sp³-hybridized carbons (Fsp3) is 0.455. The molecular weight excluding hydrogens is 444 g/mol. The summed E-state index contributed by atoms with van der Waals surface area (Å²) in [5.41, 5.74) is 12.4. The van der Waals surface area contributed by atoms with Crippen molar-refractivity contribution in [1.82, 2.24) is 19.8 Å². The molecule has 2 aliphatic heterocycles. The number of halogens is 1. The van der Waals surface area contributed by atoms with E-state index in [1.807, 2.05) is 29.2 Å². The summed E-state index contributed by atoms with van der Waals surface area (Å²) in [6.07, 6.45) is 1.81. The van der Waals surface area contributed by atoms with Crippen LogP contribution in [0.1, 0.15) is 0 Å². The van der Waals surface area contributed by atoms with Crippen LogP contribution in [0.25, 0.3) is 11.3 Å². The van der Waals surface area contributed by atoms with Gasteiger partial charge in [-0.15, -0.1) is 0 Å². The molecule has 0 atom stereocenters. The third-order valence-corrected chi connectivity index (χ3v) is 6.24. The zero-order valence-corrected chi connectivity index (χ0v) is 19.2. The molecule has 0 radical (unpaired) electrons. The van der Waals surface area contributed by atoms with Crippen LogP contribution in [-0.4, -0.2) is 97.0 Å². The molecule has 176 valence electrons. The van der Waals surface area contributed by atoms with Crippen molar-refractivity contribution >= 4 is 35.1 Å². The lowest BCUT2D eigenvalue weighted by atomic mass is 10.1. The average Bonchev–Trinajstić information content (AvgIpc) is 2.80. The lowest BCUT2D eigenvalue weighted by molar-refractivity contribution is -0.120. The molecule has 4 rings (SSSR count). The zero-order chi connectivity index (χ0) is 23.4. The fourth-order valence-corrected chi connectivity index (χ4v) is 4.37. The third kappa shape index (κ3) is 5.89. The molecule has 0 bridgehead atoms. The summed E-state index contributed by atoms with van der Waals surface area (Å²) in [7, 11) is 0. The molecule has 3 heterocycles. The molecule has 2 aromatic rings. The van der Waals surface area contributed by atoms with E-state index in [1.54, 1.807) is 6.20 Å². The van der Waals surface area contributed by atoms with Crippen molar-refractivity contribution in [3.05, 3.63) is 35.5 Å². The smallest absolute Gasteiger partial charge is 0.231 e. The van der Waals surface area contributed by atoms with Crippen molar-refractivity contribution in [1.29, 1.82) is 0 Å².